The van der Waals surface area contributed by atoms with Crippen molar-refractivity contribution in [1.29, 1.82) is 0 Å². The van der Waals surface area contributed by atoms with Crippen LogP contribution >= 0.6 is 19.0 Å². The van der Waals surface area contributed by atoms with E-state index in [-0.39, 0.29) is 0 Å². The zero-order valence-corrected chi connectivity index (χ0v) is 18.4. The molecule has 0 saturated carbocycles. The van der Waals surface area contributed by atoms with Gasteiger partial charge in [0.2, 0.25) is 7.44 Å². The number of rotatable bonds is 10. The molecule has 0 amide bonds. The van der Waals surface area contributed by atoms with Crippen LogP contribution in [0.2, 0.25) is 5.02 Å². The van der Waals surface area contributed by atoms with Gasteiger partial charge in [-0.3, -0.25) is 4.57 Å². The molecule has 0 aliphatic heterocycles. The fourth-order valence-electron chi connectivity index (χ4n) is 3.34. The number of nitrogens with one attached hydrogen (secondary N) is 1. The summed E-state index contributed by atoms with van der Waals surface area (Å²) < 4.78 is 24.0. The van der Waals surface area contributed by atoms with E-state index in [1.807, 2.05) is 65.0 Å². The van der Waals surface area contributed by atoms with Crippen molar-refractivity contribution >= 4 is 24.9 Å². The summed E-state index contributed by atoms with van der Waals surface area (Å²) in [5.74, 6) is 0.818. The highest BCUT2D eigenvalue weighted by atomic mass is 35.5. The Morgan fingerprint density at radius 3 is 2.00 bits per heavy atom. The molecular formula is C19H30ClN4O2P. The van der Waals surface area contributed by atoms with Crippen LogP contribution < -0.4 is 5.32 Å². The Morgan fingerprint density at radius 1 is 1.07 bits per heavy atom. The Hall–Kier alpha value is -1.33. The van der Waals surface area contributed by atoms with E-state index in [2.05, 4.69) is 19.8 Å². The molecule has 0 aliphatic carbocycles. The molecule has 1 aromatic heterocycles. The van der Waals surface area contributed by atoms with Crippen LogP contribution in [0.3, 0.4) is 0 Å². The number of aromatic nitrogens is 1. The Morgan fingerprint density at radius 2 is 1.59 bits per heavy atom. The maximum Gasteiger partial charge on any atom is 0.242 e. The molecule has 0 saturated heterocycles. The molecule has 1 atom stereocenters. The van der Waals surface area contributed by atoms with Crippen LogP contribution in [0, 0.1) is 6.92 Å². The van der Waals surface area contributed by atoms with Crippen LogP contribution in [0.15, 0.2) is 34.9 Å². The van der Waals surface area contributed by atoms with Gasteiger partial charge in [-0.05, 0) is 24.6 Å². The van der Waals surface area contributed by atoms with Crippen molar-refractivity contribution in [3.05, 3.63) is 46.7 Å². The lowest BCUT2D eigenvalue weighted by molar-refractivity contribution is 0.351. The predicted octanol–water partition coefficient (Wildman–Crippen LogP) is 5.62. The summed E-state index contributed by atoms with van der Waals surface area (Å²) >= 11 is 6.09. The van der Waals surface area contributed by atoms with Crippen LogP contribution in [0.25, 0.3) is 0 Å². The number of aryl methyl sites for hydroxylation is 1. The number of benzene rings is 1. The minimum absolute atomic E-state index is 0.459. The molecule has 8 heteroatoms. The molecule has 150 valence electrons. The minimum Gasteiger partial charge on any atom is -0.360 e. The van der Waals surface area contributed by atoms with Gasteiger partial charge < -0.3 is 9.84 Å². The van der Waals surface area contributed by atoms with E-state index in [4.69, 9.17) is 16.1 Å². The highest BCUT2D eigenvalue weighted by Crippen LogP contribution is 2.63. The second-order valence-electron chi connectivity index (χ2n) is 6.29. The normalized spacial score (nSPS) is 13.3. The van der Waals surface area contributed by atoms with Crippen LogP contribution in [0.4, 0.5) is 5.82 Å². The number of hydrogen-bond donors (Lipinski definition) is 1. The van der Waals surface area contributed by atoms with Gasteiger partial charge in [0.05, 0.1) is 0 Å². The number of halogens is 1. The van der Waals surface area contributed by atoms with Crippen LogP contribution in [-0.4, -0.2) is 40.7 Å². The second-order valence-corrected chi connectivity index (χ2v) is 9.55. The van der Waals surface area contributed by atoms with Crippen molar-refractivity contribution < 1.29 is 9.09 Å². The van der Waals surface area contributed by atoms with Gasteiger partial charge in [-0.25, -0.2) is 9.34 Å². The lowest BCUT2D eigenvalue weighted by atomic mass is 10.2. The maximum absolute atomic E-state index is 14.6. The lowest BCUT2D eigenvalue weighted by Gasteiger charge is -2.42. The average molecular weight is 413 g/mol. The van der Waals surface area contributed by atoms with E-state index in [0.717, 1.165) is 5.56 Å². The third-order valence-electron chi connectivity index (χ3n) is 4.71. The predicted molar refractivity (Wildman–Crippen MR) is 113 cm³/mol. The standard InChI is InChI=1S/C19H30ClN4O2P/c1-6-23(7-2)27(25,24(8-3)9-4)19(16-10-12-17(20)13-11-16)21-18-14-15(5)26-22-18/h10-14,19H,6-9H2,1-5H3,(H,21,22). The van der Waals surface area contributed by atoms with Gasteiger partial charge in [0.1, 0.15) is 11.5 Å². The second kappa shape index (κ2) is 9.74. The molecule has 1 heterocycles. The van der Waals surface area contributed by atoms with Gasteiger partial charge in [-0.15, -0.1) is 0 Å². The molecule has 0 bridgehead atoms. The number of anilines is 1. The largest absolute Gasteiger partial charge is 0.360 e. The monoisotopic (exact) mass is 412 g/mol. The van der Waals surface area contributed by atoms with Crippen molar-refractivity contribution in [2.45, 2.75) is 40.4 Å². The van der Waals surface area contributed by atoms with Gasteiger partial charge in [0.15, 0.2) is 5.82 Å². The van der Waals surface area contributed by atoms with E-state index < -0.39 is 13.2 Å². The van der Waals surface area contributed by atoms with Crippen LogP contribution in [-0.2, 0) is 4.57 Å². The molecule has 2 aromatic rings. The maximum atomic E-state index is 14.6. The Bertz CT molecular complexity index is 741. The molecule has 0 aliphatic rings. The Balaban J connectivity index is 2.61. The van der Waals surface area contributed by atoms with E-state index in [1.165, 1.54) is 0 Å². The number of hydrogen-bond acceptors (Lipinski definition) is 4. The summed E-state index contributed by atoms with van der Waals surface area (Å²) in [5, 5.41) is 8.09. The van der Waals surface area contributed by atoms with Crippen LogP contribution in [0.5, 0.6) is 0 Å². The molecule has 0 fully saturated rings. The first-order valence-corrected chi connectivity index (χ1v) is 11.5. The molecule has 27 heavy (non-hydrogen) atoms. The smallest absolute Gasteiger partial charge is 0.242 e. The van der Waals surface area contributed by atoms with Crippen molar-refractivity contribution in [2.24, 2.45) is 0 Å². The average Bonchev–Trinajstić information content (AvgIpc) is 3.07. The molecule has 1 N–H and O–H groups in total. The SMILES string of the molecule is CCN(CC)P(=O)(C(Nc1cc(C)on1)c1ccc(Cl)cc1)N(CC)CC. The first kappa shape index (κ1) is 22.0. The van der Waals surface area contributed by atoms with E-state index in [9.17, 15) is 4.57 Å². The summed E-state index contributed by atoms with van der Waals surface area (Å²) in [5.41, 5.74) is 0.905. The first-order chi connectivity index (χ1) is 12.9. The van der Waals surface area contributed by atoms with Gasteiger partial charge >= 0.3 is 0 Å². The fraction of sp³-hybridized carbons (Fsp3) is 0.526. The van der Waals surface area contributed by atoms with E-state index in [0.29, 0.717) is 42.8 Å². The summed E-state index contributed by atoms with van der Waals surface area (Å²) in [6.45, 7) is 12.8. The minimum atomic E-state index is -3.01. The summed E-state index contributed by atoms with van der Waals surface area (Å²) in [6, 6.07) is 9.32. The van der Waals surface area contributed by atoms with Gasteiger partial charge in [0, 0.05) is 37.3 Å². The quantitative estimate of drug-likeness (QED) is 0.511. The molecule has 2 rings (SSSR count). The first-order valence-electron chi connectivity index (χ1n) is 9.46. The summed E-state index contributed by atoms with van der Waals surface area (Å²) in [7, 11) is -3.01. The molecular weight excluding hydrogens is 383 g/mol. The van der Waals surface area contributed by atoms with Crippen molar-refractivity contribution in [3.63, 3.8) is 0 Å². The van der Waals surface area contributed by atoms with Crippen molar-refractivity contribution in [2.75, 3.05) is 31.5 Å². The van der Waals surface area contributed by atoms with Crippen molar-refractivity contribution in [1.82, 2.24) is 14.5 Å². The van der Waals surface area contributed by atoms with Gasteiger partial charge in [0.25, 0.3) is 0 Å². The topological polar surface area (TPSA) is 61.6 Å². The zero-order valence-electron chi connectivity index (χ0n) is 16.8. The number of nitrogens with zero attached hydrogens (tertiary/aromatic N) is 3. The molecule has 0 radical (unpaired) electrons. The Labute approximate surface area is 167 Å². The molecule has 6 nitrogen and oxygen atoms in total. The molecule has 1 unspecified atom stereocenters. The van der Waals surface area contributed by atoms with E-state index in [1.54, 1.807) is 0 Å². The van der Waals surface area contributed by atoms with Crippen LogP contribution in [0.1, 0.15) is 44.8 Å². The van der Waals surface area contributed by atoms with Gasteiger partial charge in [-0.1, -0.05) is 56.6 Å². The fourth-order valence-corrected chi connectivity index (χ4v) is 6.96. The third kappa shape index (κ3) is 4.75. The van der Waals surface area contributed by atoms with Gasteiger partial charge in [-0.2, -0.15) is 0 Å². The summed E-state index contributed by atoms with van der Waals surface area (Å²) in [4.78, 5) is 0. The Kier molecular flexibility index (Phi) is 7.92. The summed E-state index contributed by atoms with van der Waals surface area (Å²) in [6.07, 6.45) is 0. The zero-order chi connectivity index (χ0) is 20.0. The third-order valence-corrected chi connectivity index (χ3v) is 8.81. The molecule has 1 aromatic carbocycles. The van der Waals surface area contributed by atoms with E-state index >= 15 is 0 Å². The van der Waals surface area contributed by atoms with Crippen molar-refractivity contribution in [3.8, 4) is 0 Å². The highest BCUT2D eigenvalue weighted by molar-refractivity contribution is 7.59. The lowest BCUT2D eigenvalue weighted by Crippen LogP contribution is -2.36. The molecule has 0 spiro atoms. The highest BCUT2D eigenvalue weighted by Gasteiger charge is 2.43.